The fraction of sp³-hybridized carbons (Fsp3) is 0. The van der Waals surface area contributed by atoms with Gasteiger partial charge in [-0.1, -0.05) is 23.7 Å². The van der Waals surface area contributed by atoms with E-state index in [1.54, 1.807) is 36.4 Å². The Balaban J connectivity index is 2.48. The van der Waals surface area contributed by atoms with Gasteiger partial charge in [-0.2, -0.15) is 5.26 Å². The summed E-state index contributed by atoms with van der Waals surface area (Å²) < 4.78 is 6.29. The van der Waals surface area contributed by atoms with Crippen molar-refractivity contribution in [3.63, 3.8) is 0 Å². The third-order valence-corrected chi connectivity index (χ3v) is 3.26. The smallest absolute Gasteiger partial charge is 0.168 e. The zero-order valence-corrected chi connectivity index (χ0v) is 11.5. The van der Waals surface area contributed by atoms with E-state index < -0.39 is 0 Å². The number of hydrogen-bond acceptors (Lipinski definition) is 3. The molecule has 0 heterocycles. The predicted molar refractivity (Wildman–Crippen MR) is 74.8 cm³/mol. The van der Waals surface area contributed by atoms with E-state index in [1.165, 1.54) is 0 Å². The Labute approximate surface area is 118 Å². The van der Waals surface area contributed by atoms with Crippen LogP contribution in [0.15, 0.2) is 40.9 Å². The fourth-order valence-electron chi connectivity index (χ4n) is 1.44. The van der Waals surface area contributed by atoms with E-state index in [4.69, 9.17) is 27.3 Å². The van der Waals surface area contributed by atoms with Crippen LogP contribution in [0.4, 0.5) is 5.69 Å². The molecule has 0 fully saturated rings. The molecule has 90 valence electrons. The van der Waals surface area contributed by atoms with Gasteiger partial charge in [0, 0.05) is 4.47 Å². The summed E-state index contributed by atoms with van der Waals surface area (Å²) in [6, 6.07) is 12.4. The summed E-state index contributed by atoms with van der Waals surface area (Å²) in [4.78, 5) is 0. The van der Waals surface area contributed by atoms with Gasteiger partial charge in [0.1, 0.15) is 17.4 Å². The van der Waals surface area contributed by atoms with E-state index >= 15 is 0 Å². The first-order valence-corrected chi connectivity index (χ1v) is 6.21. The lowest BCUT2D eigenvalue weighted by Gasteiger charge is -2.11. The molecule has 5 heteroatoms. The zero-order chi connectivity index (χ0) is 13.1. The number of anilines is 1. The minimum absolute atomic E-state index is 0.355. The van der Waals surface area contributed by atoms with Crippen LogP contribution in [0.1, 0.15) is 5.56 Å². The summed E-state index contributed by atoms with van der Waals surface area (Å²) >= 11 is 9.31. The number of para-hydroxylation sites is 1. The molecule has 3 nitrogen and oxygen atoms in total. The summed E-state index contributed by atoms with van der Waals surface area (Å²) in [5.74, 6) is 0.764. The van der Waals surface area contributed by atoms with E-state index in [-0.39, 0.29) is 0 Å². The van der Waals surface area contributed by atoms with Crippen molar-refractivity contribution in [3.05, 3.63) is 51.5 Å². The molecule has 2 aromatic rings. The number of hydrogen-bond donors (Lipinski definition) is 1. The molecule has 0 saturated carbocycles. The number of benzene rings is 2. The van der Waals surface area contributed by atoms with Gasteiger partial charge in [-0.15, -0.1) is 0 Å². The molecule has 0 atom stereocenters. The lowest BCUT2D eigenvalue weighted by Crippen LogP contribution is -1.94. The van der Waals surface area contributed by atoms with Gasteiger partial charge in [-0.25, -0.2) is 0 Å². The first-order chi connectivity index (χ1) is 8.63. The monoisotopic (exact) mass is 322 g/mol. The number of halogens is 2. The van der Waals surface area contributed by atoms with E-state index in [0.717, 1.165) is 0 Å². The molecule has 0 unspecified atom stereocenters. The average molecular weight is 324 g/mol. The molecule has 0 amide bonds. The minimum atomic E-state index is 0.355. The molecule has 2 N–H and O–H groups in total. The Morgan fingerprint density at radius 3 is 2.61 bits per heavy atom. The summed E-state index contributed by atoms with van der Waals surface area (Å²) in [5, 5.41) is 9.49. The second-order valence-electron chi connectivity index (χ2n) is 3.49. The number of ether oxygens (including phenoxy) is 1. The highest BCUT2D eigenvalue weighted by Gasteiger charge is 2.12. The quantitative estimate of drug-likeness (QED) is 0.836. The minimum Gasteiger partial charge on any atom is -0.452 e. The summed E-state index contributed by atoms with van der Waals surface area (Å²) in [6.07, 6.45) is 0. The van der Waals surface area contributed by atoms with Crippen molar-refractivity contribution in [2.24, 2.45) is 0 Å². The van der Waals surface area contributed by atoms with E-state index in [0.29, 0.717) is 32.2 Å². The standard InChI is InChI=1S/C13H8BrClN2O/c14-9-3-1-6-12(8(9)7-16)18-13-10(15)4-2-5-11(13)17/h1-6H,17H2. The molecule has 0 aliphatic carbocycles. The highest BCUT2D eigenvalue weighted by atomic mass is 79.9. The van der Waals surface area contributed by atoms with Crippen LogP contribution in [0.5, 0.6) is 11.5 Å². The number of nitrogen functional groups attached to an aromatic ring is 1. The van der Waals surface area contributed by atoms with Gasteiger partial charge >= 0.3 is 0 Å². The van der Waals surface area contributed by atoms with Crippen LogP contribution in [0.25, 0.3) is 0 Å². The second-order valence-corrected chi connectivity index (χ2v) is 4.75. The zero-order valence-electron chi connectivity index (χ0n) is 9.15. The largest absolute Gasteiger partial charge is 0.452 e. The second kappa shape index (κ2) is 5.30. The Morgan fingerprint density at radius 1 is 1.22 bits per heavy atom. The first kappa shape index (κ1) is 12.7. The van der Waals surface area contributed by atoms with Crippen molar-refractivity contribution in [1.29, 1.82) is 5.26 Å². The van der Waals surface area contributed by atoms with Crippen LogP contribution in [-0.2, 0) is 0 Å². The van der Waals surface area contributed by atoms with Crippen molar-refractivity contribution in [2.75, 3.05) is 5.73 Å². The van der Waals surface area contributed by atoms with Gasteiger partial charge < -0.3 is 10.5 Å². The molecule has 0 aliphatic rings. The molecule has 0 radical (unpaired) electrons. The van der Waals surface area contributed by atoms with Gasteiger partial charge in [0.05, 0.1) is 10.7 Å². The molecule has 18 heavy (non-hydrogen) atoms. The lowest BCUT2D eigenvalue weighted by atomic mass is 10.2. The first-order valence-electron chi connectivity index (χ1n) is 5.04. The van der Waals surface area contributed by atoms with Crippen molar-refractivity contribution in [2.45, 2.75) is 0 Å². The van der Waals surface area contributed by atoms with E-state index in [2.05, 4.69) is 22.0 Å². The third kappa shape index (κ3) is 2.42. The van der Waals surface area contributed by atoms with Crippen LogP contribution < -0.4 is 10.5 Å². The van der Waals surface area contributed by atoms with Gasteiger partial charge in [0.25, 0.3) is 0 Å². The van der Waals surface area contributed by atoms with Gasteiger partial charge in [0.2, 0.25) is 0 Å². The predicted octanol–water partition coefficient (Wildman–Crippen LogP) is 4.35. The van der Waals surface area contributed by atoms with Gasteiger partial charge in [0.15, 0.2) is 5.75 Å². The molecule has 0 aromatic heterocycles. The van der Waals surface area contributed by atoms with E-state index in [9.17, 15) is 0 Å². The summed E-state index contributed by atoms with van der Waals surface area (Å²) in [7, 11) is 0. The summed E-state index contributed by atoms with van der Waals surface area (Å²) in [5.41, 5.74) is 6.62. The van der Waals surface area contributed by atoms with Crippen LogP contribution >= 0.6 is 27.5 Å². The lowest BCUT2D eigenvalue weighted by molar-refractivity contribution is 0.483. The molecule has 2 rings (SSSR count). The molecular weight excluding hydrogens is 316 g/mol. The maximum absolute atomic E-state index is 9.09. The third-order valence-electron chi connectivity index (χ3n) is 2.30. The average Bonchev–Trinajstić information content (AvgIpc) is 2.34. The summed E-state index contributed by atoms with van der Waals surface area (Å²) in [6.45, 7) is 0. The molecule has 0 bridgehead atoms. The topological polar surface area (TPSA) is 59.0 Å². The van der Waals surface area contributed by atoms with Crippen LogP contribution in [0.2, 0.25) is 5.02 Å². The highest BCUT2D eigenvalue weighted by Crippen LogP contribution is 2.37. The number of rotatable bonds is 2. The molecular formula is C13H8BrClN2O. The molecule has 0 spiro atoms. The molecule has 0 saturated heterocycles. The van der Waals surface area contributed by atoms with E-state index in [1.807, 2.05) is 0 Å². The molecule has 0 aliphatic heterocycles. The van der Waals surface area contributed by atoms with Crippen molar-refractivity contribution in [3.8, 4) is 17.6 Å². The van der Waals surface area contributed by atoms with Crippen LogP contribution in [0.3, 0.4) is 0 Å². The van der Waals surface area contributed by atoms with Crippen LogP contribution in [-0.4, -0.2) is 0 Å². The Bertz CT molecular complexity index is 617. The van der Waals surface area contributed by atoms with Crippen molar-refractivity contribution in [1.82, 2.24) is 0 Å². The molecule has 2 aromatic carbocycles. The number of nitriles is 1. The van der Waals surface area contributed by atoms with Crippen LogP contribution in [0, 0.1) is 11.3 Å². The van der Waals surface area contributed by atoms with Gasteiger partial charge in [-0.05, 0) is 40.2 Å². The fourth-order valence-corrected chi connectivity index (χ4v) is 2.10. The SMILES string of the molecule is N#Cc1c(Br)cccc1Oc1c(N)cccc1Cl. The van der Waals surface area contributed by atoms with Crippen molar-refractivity contribution >= 4 is 33.2 Å². The Hall–Kier alpha value is -1.70. The Morgan fingerprint density at radius 2 is 1.94 bits per heavy atom. The maximum Gasteiger partial charge on any atom is 0.168 e. The normalized spacial score (nSPS) is 9.83. The van der Waals surface area contributed by atoms with Gasteiger partial charge in [-0.3, -0.25) is 0 Å². The van der Waals surface area contributed by atoms with Crippen molar-refractivity contribution < 1.29 is 4.74 Å². The highest BCUT2D eigenvalue weighted by molar-refractivity contribution is 9.10. The maximum atomic E-state index is 9.09. The number of nitrogens with zero attached hydrogens (tertiary/aromatic N) is 1. The Kier molecular flexibility index (Phi) is 3.75. The number of nitrogens with two attached hydrogens (primary N) is 1.